The standard InChI is InChI=1S/C49H95N5O3/c1-3-5-7-9-11-13-15-17-19-21-23-25-27-29-31-38-48(56)53(43-35-40-50)42-34-33-37-46(45-47(52)55)54(44-36-41-51)49(57)39-32-30-28-26-24-22-20-18-16-14-12-10-8-6-4-2/h17-20,46H,3-16,21-45,50-51H2,1-2H3,(H2,52,55). The van der Waals surface area contributed by atoms with Gasteiger partial charge in [-0.2, -0.15) is 0 Å². The summed E-state index contributed by atoms with van der Waals surface area (Å²) < 4.78 is 0. The van der Waals surface area contributed by atoms with Crippen molar-refractivity contribution in [2.75, 3.05) is 32.7 Å². The van der Waals surface area contributed by atoms with Gasteiger partial charge in [-0.3, -0.25) is 14.4 Å². The fourth-order valence-corrected chi connectivity index (χ4v) is 7.69. The second-order valence-corrected chi connectivity index (χ2v) is 16.7. The Kier molecular flexibility index (Phi) is 41.7. The van der Waals surface area contributed by atoms with Crippen LogP contribution in [0.5, 0.6) is 0 Å². The van der Waals surface area contributed by atoms with Gasteiger partial charge in [0.1, 0.15) is 0 Å². The largest absolute Gasteiger partial charge is 0.370 e. The van der Waals surface area contributed by atoms with Crippen LogP contribution in [0.2, 0.25) is 0 Å². The molecule has 0 fully saturated rings. The molecule has 0 heterocycles. The van der Waals surface area contributed by atoms with Crippen LogP contribution in [0.4, 0.5) is 0 Å². The molecule has 8 heteroatoms. The van der Waals surface area contributed by atoms with Crippen molar-refractivity contribution in [2.45, 2.75) is 238 Å². The van der Waals surface area contributed by atoms with E-state index in [0.717, 1.165) is 57.8 Å². The van der Waals surface area contributed by atoms with Gasteiger partial charge in [0.2, 0.25) is 17.7 Å². The number of carbonyl (C=O) groups is 3. The third-order valence-electron chi connectivity index (χ3n) is 11.3. The topological polar surface area (TPSA) is 136 Å². The normalized spacial score (nSPS) is 12.2. The molecule has 6 N–H and O–H groups in total. The zero-order valence-electron chi connectivity index (χ0n) is 37.8. The zero-order valence-corrected chi connectivity index (χ0v) is 37.8. The first-order valence-electron chi connectivity index (χ1n) is 24.5. The van der Waals surface area contributed by atoms with Gasteiger partial charge in [-0.05, 0) is 109 Å². The summed E-state index contributed by atoms with van der Waals surface area (Å²) in [6, 6.07) is -0.228. The third-order valence-corrected chi connectivity index (χ3v) is 11.3. The summed E-state index contributed by atoms with van der Waals surface area (Å²) in [5, 5.41) is 0. The number of allylic oxidation sites excluding steroid dienone is 4. The third kappa shape index (κ3) is 36.6. The second-order valence-electron chi connectivity index (χ2n) is 16.7. The number of hydrogen-bond donors (Lipinski definition) is 3. The van der Waals surface area contributed by atoms with E-state index in [1.54, 1.807) is 0 Å². The summed E-state index contributed by atoms with van der Waals surface area (Å²) >= 11 is 0. The van der Waals surface area contributed by atoms with Crippen molar-refractivity contribution in [3.8, 4) is 0 Å². The van der Waals surface area contributed by atoms with Crippen LogP contribution in [-0.2, 0) is 14.4 Å². The molecule has 0 radical (unpaired) electrons. The molecule has 0 aromatic heterocycles. The van der Waals surface area contributed by atoms with E-state index in [2.05, 4.69) is 38.2 Å². The van der Waals surface area contributed by atoms with Crippen molar-refractivity contribution in [2.24, 2.45) is 17.2 Å². The molecular weight excluding hydrogens is 707 g/mol. The lowest BCUT2D eigenvalue weighted by Gasteiger charge is -2.32. The minimum Gasteiger partial charge on any atom is -0.370 e. The number of primary amides is 1. The van der Waals surface area contributed by atoms with Gasteiger partial charge < -0.3 is 27.0 Å². The Hall–Kier alpha value is -2.19. The minimum atomic E-state index is -0.383. The van der Waals surface area contributed by atoms with Gasteiger partial charge >= 0.3 is 0 Å². The molecule has 0 saturated heterocycles. The summed E-state index contributed by atoms with van der Waals surface area (Å²) in [6.45, 7) is 7.50. The van der Waals surface area contributed by atoms with Crippen LogP contribution in [0.3, 0.4) is 0 Å². The number of unbranched alkanes of at least 4 members (excludes halogenated alkanes) is 23. The summed E-state index contributed by atoms with van der Waals surface area (Å²) in [7, 11) is 0. The van der Waals surface area contributed by atoms with E-state index in [1.807, 2.05) is 9.80 Å². The maximum atomic E-state index is 13.5. The molecule has 8 nitrogen and oxygen atoms in total. The molecule has 1 atom stereocenters. The Morgan fingerprint density at radius 2 is 0.842 bits per heavy atom. The monoisotopic (exact) mass is 802 g/mol. The number of hydrogen-bond acceptors (Lipinski definition) is 5. The van der Waals surface area contributed by atoms with Crippen molar-refractivity contribution < 1.29 is 14.4 Å². The summed E-state index contributed by atoms with van der Waals surface area (Å²) in [5.74, 6) is -0.0622. The first-order valence-corrected chi connectivity index (χ1v) is 24.5. The maximum Gasteiger partial charge on any atom is 0.222 e. The van der Waals surface area contributed by atoms with Crippen LogP contribution >= 0.6 is 0 Å². The molecule has 0 aromatic carbocycles. The molecule has 0 aliphatic carbocycles. The van der Waals surface area contributed by atoms with Gasteiger partial charge in [-0.15, -0.1) is 0 Å². The van der Waals surface area contributed by atoms with Gasteiger partial charge in [-0.1, -0.05) is 141 Å². The van der Waals surface area contributed by atoms with Crippen LogP contribution in [0.25, 0.3) is 0 Å². The first-order chi connectivity index (χ1) is 27.9. The number of carbonyl (C=O) groups excluding carboxylic acids is 3. The molecule has 334 valence electrons. The number of nitrogens with zero attached hydrogens (tertiary/aromatic N) is 2. The van der Waals surface area contributed by atoms with Gasteiger partial charge in [-0.25, -0.2) is 0 Å². The number of amides is 3. The lowest BCUT2D eigenvalue weighted by Crippen LogP contribution is -2.43. The highest BCUT2D eigenvalue weighted by Crippen LogP contribution is 2.18. The molecule has 0 bridgehead atoms. The van der Waals surface area contributed by atoms with Gasteiger partial charge in [0.05, 0.1) is 0 Å². The Bertz CT molecular complexity index is 971. The van der Waals surface area contributed by atoms with E-state index >= 15 is 0 Å². The summed E-state index contributed by atoms with van der Waals surface area (Å²) in [6.07, 6.45) is 46.6. The molecule has 0 spiro atoms. The fourth-order valence-electron chi connectivity index (χ4n) is 7.69. The van der Waals surface area contributed by atoms with Crippen LogP contribution in [0.1, 0.15) is 232 Å². The maximum absolute atomic E-state index is 13.5. The Labute approximate surface area is 353 Å². The van der Waals surface area contributed by atoms with Crippen molar-refractivity contribution in [3.63, 3.8) is 0 Å². The van der Waals surface area contributed by atoms with E-state index in [0.29, 0.717) is 58.4 Å². The van der Waals surface area contributed by atoms with E-state index in [1.165, 1.54) is 128 Å². The zero-order chi connectivity index (χ0) is 41.9. The molecule has 0 aliphatic heterocycles. The van der Waals surface area contributed by atoms with E-state index < -0.39 is 0 Å². The Balaban J connectivity index is 4.54. The molecular formula is C49H95N5O3. The molecule has 0 saturated carbocycles. The van der Waals surface area contributed by atoms with Crippen LogP contribution < -0.4 is 17.2 Å². The van der Waals surface area contributed by atoms with Crippen molar-refractivity contribution in [1.29, 1.82) is 0 Å². The average Bonchev–Trinajstić information content (AvgIpc) is 3.20. The highest BCUT2D eigenvalue weighted by Gasteiger charge is 2.24. The predicted molar refractivity (Wildman–Crippen MR) is 246 cm³/mol. The molecule has 1 unspecified atom stereocenters. The van der Waals surface area contributed by atoms with Gasteiger partial charge in [0.15, 0.2) is 0 Å². The Morgan fingerprint density at radius 3 is 1.28 bits per heavy atom. The van der Waals surface area contributed by atoms with Crippen LogP contribution in [0, 0.1) is 0 Å². The minimum absolute atomic E-state index is 0.104. The van der Waals surface area contributed by atoms with E-state index in [-0.39, 0.29) is 30.2 Å². The quantitative estimate of drug-likeness (QED) is 0.0416. The molecule has 3 amide bonds. The molecule has 0 aromatic rings. The molecule has 0 rings (SSSR count). The highest BCUT2D eigenvalue weighted by atomic mass is 16.2. The van der Waals surface area contributed by atoms with Gasteiger partial charge in [0.25, 0.3) is 0 Å². The smallest absolute Gasteiger partial charge is 0.222 e. The number of rotatable bonds is 44. The van der Waals surface area contributed by atoms with Crippen molar-refractivity contribution in [1.82, 2.24) is 9.80 Å². The van der Waals surface area contributed by atoms with Crippen LogP contribution in [-0.4, -0.2) is 66.3 Å². The van der Waals surface area contributed by atoms with Crippen molar-refractivity contribution in [3.05, 3.63) is 24.3 Å². The Morgan fingerprint density at radius 1 is 0.456 bits per heavy atom. The highest BCUT2D eigenvalue weighted by molar-refractivity contribution is 5.79. The van der Waals surface area contributed by atoms with Gasteiger partial charge in [0, 0.05) is 44.9 Å². The SMILES string of the molecule is CCCCCCCCC=CCCCCCCCC(=O)N(CCCN)CCCCC(CC(N)=O)N(CCCN)C(=O)CCCCCCCC=CCCCCCCCC. The van der Waals surface area contributed by atoms with Crippen LogP contribution in [0.15, 0.2) is 24.3 Å². The first kappa shape index (κ1) is 54.8. The lowest BCUT2D eigenvalue weighted by atomic mass is 10.0. The summed E-state index contributed by atoms with van der Waals surface area (Å²) in [5.41, 5.74) is 17.4. The van der Waals surface area contributed by atoms with E-state index in [9.17, 15) is 14.4 Å². The molecule has 0 aliphatic rings. The molecule has 57 heavy (non-hydrogen) atoms. The number of nitrogens with two attached hydrogens (primary N) is 3. The summed E-state index contributed by atoms with van der Waals surface area (Å²) in [4.78, 5) is 42.7. The fraction of sp³-hybridized carbons (Fsp3) is 0.857. The lowest BCUT2D eigenvalue weighted by molar-refractivity contribution is -0.135. The van der Waals surface area contributed by atoms with Crippen molar-refractivity contribution >= 4 is 17.7 Å². The second kappa shape index (κ2) is 43.4. The predicted octanol–water partition coefficient (Wildman–Crippen LogP) is 11.8. The van der Waals surface area contributed by atoms with E-state index in [4.69, 9.17) is 17.2 Å². The average molecular weight is 802 g/mol.